The van der Waals surface area contributed by atoms with Gasteiger partial charge in [0.2, 0.25) is 0 Å². The van der Waals surface area contributed by atoms with Crippen LogP contribution < -0.4 is 5.32 Å². The summed E-state index contributed by atoms with van der Waals surface area (Å²) in [6.45, 7) is -0.586. The lowest BCUT2D eigenvalue weighted by molar-refractivity contribution is -0.142. The number of ether oxygens (including phenoxy) is 1. The summed E-state index contributed by atoms with van der Waals surface area (Å²) in [5.41, 5.74) is -0.404. The first kappa shape index (κ1) is 19.5. The van der Waals surface area contributed by atoms with E-state index in [0.717, 1.165) is 24.3 Å². The zero-order valence-electron chi connectivity index (χ0n) is 13.1. The topological polar surface area (TPSA) is 68.3 Å². The van der Waals surface area contributed by atoms with Crippen molar-refractivity contribution in [3.63, 3.8) is 0 Å². The smallest absolute Gasteiger partial charge is 0.416 e. The molecule has 0 atom stereocenters. The van der Waals surface area contributed by atoms with Gasteiger partial charge in [-0.25, -0.2) is 9.78 Å². The number of hydrogen-bond donors (Lipinski definition) is 1. The van der Waals surface area contributed by atoms with Gasteiger partial charge in [0.1, 0.15) is 0 Å². The SMILES string of the molecule is O=C(COC(=O)/C=C/c1cccc(C(F)(F)F)c1)Nc1cccnc1Cl. The van der Waals surface area contributed by atoms with Crippen molar-refractivity contribution in [3.8, 4) is 0 Å². The second-order valence-corrected chi connectivity index (χ2v) is 5.31. The van der Waals surface area contributed by atoms with Crippen molar-refractivity contribution in [1.29, 1.82) is 0 Å². The van der Waals surface area contributed by atoms with Crippen LogP contribution in [0.4, 0.5) is 18.9 Å². The molecule has 0 bridgehead atoms. The zero-order valence-corrected chi connectivity index (χ0v) is 13.8. The Hall–Kier alpha value is -2.87. The van der Waals surface area contributed by atoms with Gasteiger partial charge in [-0.2, -0.15) is 13.2 Å². The number of pyridine rings is 1. The standard InChI is InChI=1S/C17H12ClF3N2O3/c18-16-13(5-2-8-22-16)23-14(24)10-26-15(25)7-6-11-3-1-4-12(9-11)17(19,20)21/h1-9H,10H2,(H,23,24)/b7-6+. The monoisotopic (exact) mass is 384 g/mol. The number of esters is 1. The lowest BCUT2D eigenvalue weighted by atomic mass is 10.1. The Morgan fingerprint density at radius 1 is 1.23 bits per heavy atom. The third-order valence-electron chi connectivity index (χ3n) is 3.00. The Morgan fingerprint density at radius 2 is 2.00 bits per heavy atom. The molecule has 1 heterocycles. The summed E-state index contributed by atoms with van der Waals surface area (Å²) in [7, 11) is 0. The van der Waals surface area contributed by atoms with Crippen LogP contribution in [0.3, 0.4) is 0 Å². The highest BCUT2D eigenvalue weighted by molar-refractivity contribution is 6.32. The van der Waals surface area contributed by atoms with Crippen LogP contribution in [-0.2, 0) is 20.5 Å². The third-order valence-corrected chi connectivity index (χ3v) is 3.31. The number of nitrogens with one attached hydrogen (secondary N) is 1. The van der Waals surface area contributed by atoms with Crippen LogP contribution in [0.15, 0.2) is 48.7 Å². The fourth-order valence-electron chi connectivity index (χ4n) is 1.83. The second kappa shape index (κ2) is 8.48. The van der Waals surface area contributed by atoms with Crippen LogP contribution in [0.2, 0.25) is 5.15 Å². The van der Waals surface area contributed by atoms with Crippen molar-refractivity contribution in [2.24, 2.45) is 0 Å². The van der Waals surface area contributed by atoms with Gasteiger partial charge in [-0.3, -0.25) is 4.79 Å². The number of hydrogen-bond acceptors (Lipinski definition) is 4. The number of anilines is 1. The Morgan fingerprint density at radius 3 is 2.69 bits per heavy atom. The lowest BCUT2D eigenvalue weighted by Gasteiger charge is -2.07. The lowest BCUT2D eigenvalue weighted by Crippen LogP contribution is -2.20. The Kier molecular flexibility index (Phi) is 6.35. The van der Waals surface area contributed by atoms with Gasteiger partial charge in [0.15, 0.2) is 11.8 Å². The van der Waals surface area contributed by atoms with E-state index in [-0.39, 0.29) is 16.4 Å². The number of halogens is 4. The van der Waals surface area contributed by atoms with Crippen molar-refractivity contribution in [2.75, 3.05) is 11.9 Å². The molecular weight excluding hydrogens is 373 g/mol. The molecule has 5 nitrogen and oxygen atoms in total. The van der Waals surface area contributed by atoms with Crippen LogP contribution in [0.1, 0.15) is 11.1 Å². The second-order valence-electron chi connectivity index (χ2n) is 4.95. The van der Waals surface area contributed by atoms with Crippen LogP contribution in [-0.4, -0.2) is 23.5 Å². The average Bonchev–Trinajstić information content (AvgIpc) is 2.60. The van der Waals surface area contributed by atoms with E-state index in [9.17, 15) is 22.8 Å². The molecule has 0 saturated heterocycles. The van der Waals surface area contributed by atoms with Gasteiger partial charge in [0.05, 0.1) is 11.3 Å². The van der Waals surface area contributed by atoms with E-state index in [1.165, 1.54) is 24.4 Å². The molecule has 1 N–H and O–H groups in total. The van der Waals surface area contributed by atoms with E-state index in [1.54, 1.807) is 6.07 Å². The van der Waals surface area contributed by atoms with Crippen molar-refractivity contribution in [1.82, 2.24) is 4.98 Å². The van der Waals surface area contributed by atoms with E-state index in [1.807, 2.05) is 0 Å². The predicted molar refractivity (Wildman–Crippen MR) is 89.3 cm³/mol. The minimum atomic E-state index is -4.48. The molecule has 136 valence electrons. The highest BCUT2D eigenvalue weighted by atomic mass is 35.5. The fourth-order valence-corrected chi connectivity index (χ4v) is 2.00. The Balaban J connectivity index is 1.88. The third kappa shape index (κ3) is 5.89. The number of alkyl halides is 3. The molecule has 0 aliphatic carbocycles. The van der Waals surface area contributed by atoms with Gasteiger partial charge in [-0.1, -0.05) is 23.7 Å². The fraction of sp³-hybridized carbons (Fsp3) is 0.118. The number of benzene rings is 1. The highest BCUT2D eigenvalue weighted by Crippen LogP contribution is 2.29. The normalized spacial score (nSPS) is 11.4. The number of carbonyl (C=O) groups excluding carboxylic acids is 2. The molecule has 1 aromatic carbocycles. The van der Waals surface area contributed by atoms with Crippen LogP contribution >= 0.6 is 11.6 Å². The summed E-state index contributed by atoms with van der Waals surface area (Å²) in [6, 6.07) is 7.51. The summed E-state index contributed by atoms with van der Waals surface area (Å²) in [4.78, 5) is 27.0. The number of carbonyl (C=O) groups is 2. The molecule has 9 heteroatoms. The average molecular weight is 385 g/mol. The maximum absolute atomic E-state index is 12.6. The van der Waals surface area contributed by atoms with Gasteiger partial charge in [0, 0.05) is 12.3 Å². The Labute approximate surface area is 151 Å². The molecule has 1 aromatic heterocycles. The van der Waals surface area contributed by atoms with E-state index < -0.39 is 30.2 Å². The molecule has 26 heavy (non-hydrogen) atoms. The molecule has 0 aliphatic heterocycles. The molecule has 0 aliphatic rings. The molecule has 0 spiro atoms. The maximum atomic E-state index is 12.6. The van der Waals surface area contributed by atoms with Crippen molar-refractivity contribution >= 4 is 35.2 Å². The molecule has 0 fully saturated rings. The maximum Gasteiger partial charge on any atom is 0.416 e. The number of nitrogens with zero attached hydrogens (tertiary/aromatic N) is 1. The zero-order chi connectivity index (χ0) is 19.2. The summed E-state index contributed by atoms with van der Waals surface area (Å²) >= 11 is 5.77. The van der Waals surface area contributed by atoms with Gasteiger partial charge in [-0.05, 0) is 35.9 Å². The van der Waals surface area contributed by atoms with E-state index in [0.29, 0.717) is 0 Å². The highest BCUT2D eigenvalue weighted by Gasteiger charge is 2.30. The summed E-state index contributed by atoms with van der Waals surface area (Å²) in [6.07, 6.45) is -0.945. The van der Waals surface area contributed by atoms with Gasteiger partial charge in [-0.15, -0.1) is 0 Å². The minimum Gasteiger partial charge on any atom is -0.452 e. The van der Waals surface area contributed by atoms with Gasteiger partial charge < -0.3 is 10.1 Å². The van der Waals surface area contributed by atoms with Crippen LogP contribution in [0.25, 0.3) is 6.08 Å². The molecule has 2 rings (SSSR count). The van der Waals surface area contributed by atoms with E-state index >= 15 is 0 Å². The van der Waals surface area contributed by atoms with Gasteiger partial charge >= 0.3 is 12.1 Å². The summed E-state index contributed by atoms with van der Waals surface area (Å²) < 4.78 is 42.5. The summed E-state index contributed by atoms with van der Waals surface area (Å²) in [5.74, 6) is -1.52. The number of aromatic nitrogens is 1. The Bertz CT molecular complexity index is 838. The number of rotatable bonds is 5. The quantitative estimate of drug-likeness (QED) is 0.481. The van der Waals surface area contributed by atoms with E-state index in [4.69, 9.17) is 16.3 Å². The molecule has 1 amide bonds. The minimum absolute atomic E-state index is 0.0802. The first-order valence-electron chi connectivity index (χ1n) is 7.18. The molecule has 0 saturated carbocycles. The van der Waals surface area contributed by atoms with Crippen molar-refractivity contribution < 1.29 is 27.5 Å². The molecule has 0 unspecified atom stereocenters. The molecule has 0 radical (unpaired) electrons. The van der Waals surface area contributed by atoms with Crippen LogP contribution in [0, 0.1) is 0 Å². The summed E-state index contributed by atoms with van der Waals surface area (Å²) in [5, 5.41) is 2.48. The van der Waals surface area contributed by atoms with Crippen molar-refractivity contribution in [3.05, 3.63) is 65.0 Å². The first-order valence-corrected chi connectivity index (χ1v) is 7.56. The largest absolute Gasteiger partial charge is 0.452 e. The molecular formula is C17H12ClF3N2O3. The molecule has 2 aromatic rings. The number of amides is 1. The van der Waals surface area contributed by atoms with Gasteiger partial charge in [0.25, 0.3) is 5.91 Å². The predicted octanol–water partition coefficient (Wildman–Crippen LogP) is 3.95. The van der Waals surface area contributed by atoms with Crippen LogP contribution in [0.5, 0.6) is 0 Å². The first-order chi connectivity index (χ1) is 12.3. The van der Waals surface area contributed by atoms with Crippen molar-refractivity contribution in [2.45, 2.75) is 6.18 Å². The van der Waals surface area contributed by atoms with E-state index in [2.05, 4.69) is 10.3 Å².